The SMILES string of the molecule is C[C@@H](NC(=O)c1ncc(C#Cc2cccc(F)c2)cn1)C(C)(C)O. The molecule has 0 aliphatic rings. The largest absolute Gasteiger partial charge is 0.388 e. The minimum absolute atomic E-state index is 0.0117. The average Bonchev–Trinajstić information content (AvgIpc) is 2.52. The second kappa shape index (κ2) is 7.20. The maximum absolute atomic E-state index is 13.1. The van der Waals surface area contributed by atoms with Gasteiger partial charge in [-0.15, -0.1) is 0 Å². The van der Waals surface area contributed by atoms with Crippen molar-refractivity contribution in [2.45, 2.75) is 32.4 Å². The first-order valence-corrected chi connectivity index (χ1v) is 7.38. The molecule has 2 N–H and O–H groups in total. The van der Waals surface area contributed by atoms with E-state index in [0.29, 0.717) is 11.1 Å². The minimum Gasteiger partial charge on any atom is -0.388 e. The summed E-state index contributed by atoms with van der Waals surface area (Å²) in [6.45, 7) is 4.89. The Morgan fingerprint density at radius 3 is 2.46 bits per heavy atom. The number of amides is 1. The highest BCUT2D eigenvalue weighted by molar-refractivity contribution is 5.90. The van der Waals surface area contributed by atoms with Gasteiger partial charge in [-0.25, -0.2) is 14.4 Å². The molecule has 0 saturated heterocycles. The zero-order chi connectivity index (χ0) is 17.7. The van der Waals surface area contributed by atoms with Crippen molar-refractivity contribution in [3.8, 4) is 11.8 Å². The van der Waals surface area contributed by atoms with Crippen LogP contribution in [-0.4, -0.2) is 32.6 Å². The molecule has 1 heterocycles. The predicted octanol–water partition coefficient (Wildman–Crippen LogP) is 1.90. The Morgan fingerprint density at radius 1 is 1.25 bits per heavy atom. The fraction of sp³-hybridized carbons (Fsp3) is 0.278. The van der Waals surface area contributed by atoms with Crippen molar-refractivity contribution in [3.05, 3.63) is 59.4 Å². The summed E-state index contributed by atoms with van der Waals surface area (Å²) in [7, 11) is 0. The topological polar surface area (TPSA) is 75.1 Å². The molecule has 0 unspecified atom stereocenters. The van der Waals surface area contributed by atoms with E-state index in [1.165, 1.54) is 24.5 Å². The third kappa shape index (κ3) is 4.86. The van der Waals surface area contributed by atoms with Crippen LogP contribution in [-0.2, 0) is 0 Å². The predicted molar refractivity (Wildman–Crippen MR) is 87.6 cm³/mol. The van der Waals surface area contributed by atoms with Crippen molar-refractivity contribution in [2.75, 3.05) is 0 Å². The zero-order valence-electron chi connectivity index (χ0n) is 13.7. The molecule has 2 aromatic rings. The molecule has 124 valence electrons. The van der Waals surface area contributed by atoms with Gasteiger partial charge in [-0.2, -0.15) is 0 Å². The molecule has 0 spiro atoms. The van der Waals surface area contributed by atoms with Gasteiger partial charge in [-0.05, 0) is 39.0 Å². The number of hydrogen-bond donors (Lipinski definition) is 2. The van der Waals surface area contributed by atoms with Gasteiger partial charge in [0, 0.05) is 18.0 Å². The Morgan fingerprint density at radius 2 is 1.88 bits per heavy atom. The van der Waals surface area contributed by atoms with Gasteiger partial charge in [0.15, 0.2) is 0 Å². The molecule has 1 aromatic heterocycles. The lowest BCUT2D eigenvalue weighted by Gasteiger charge is -2.26. The Labute approximate surface area is 140 Å². The van der Waals surface area contributed by atoms with E-state index in [4.69, 9.17) is 0 Å². The highest BCUT2D eigenvalue weighted by Crippen LogP contribution is 2.08. The lowest BCUT2D eigenvalue weighted by Crippen LogP contribution is -2.47. The van der Waals surface area contributed by atoms with E-state index in [-0.39, 0.29) is 11.6 Å². The first-order valence-electron chi connectivity index (χ1n) is 7.38. The summed E-state index contributed by atoms with van der Waals surface area (Å²) in [5.41, 5.74) is -0.00589. The van der Waals surface area contributed by atoms with Crippen molar-refractivity contribution >= 4 is 5.91 Å². The molecule has 24 heavy (non-hydrogen) atoms. The lowest BCUT2D eigenvalue weighted by atomic mass is 10.0. The number of benzene rings is 1. The number of hydrogen-bond acceptors (Lipinski definition) is 4. The van der Waals surface area contributed by atoms with Crippen LogP contribution in [0, 0.1) is 17.7 Å². The number of halogens is 1. The fourth-order valence-electron chi connectivity index (χ4n) is 1.66. The molecular formula is C18H18FN3O2. The average molecular weight is 327 g/mol. The molecule has 0 radical (unpaired) electrons. The number of rotatable bonds is 3. The summed E-state index contributed by atoms with van der Waals surface area (Å²) < 4.78 is 13.1. The number of carbonyl (C=O) groups excluding carboxylic acids is 1. The minimum atomic E-state index is -1.05. The van der Waals surface area contributed by atoms with Crippen molar-refractivity contribution in [1.82, 2.24) is 15.3 Å². The molecular weight excluding hydrogens is 309 g/mol. The van der Waals surface area contributed by atoms with Crippen LogP contribution in [0.2, 0.25) is 0 Å². The van der Waals surface area contributed by atoms with E-state index in [1.807, 2.05) is 0 Å². The monoisotopic (exact) mass is 327 g/mol. The van der Waals surface area contributed by atoms with Crippen molar-refractivity contribution in [1.29, 1.82) is 0 Å². The van der Waals surface area contributed by atoms with E-state index >= 15 is 0 Å². The summed E-state index contributed by atoms with van der Waals surface area (Å²) in [4.78, 5) is 19.9. The van der Waals surface area contributed by atoms with Crippen LogP contribution < -0.4 is 5.32 Å². The third-order valence-electron chi connectivity index (χ3n) is 3.44. The molecule has 5 nitrogen and oxygen atoms in total. The fourth-order valence-corrected chi connectivity index (χ4v) is 1.66. The zero-order valence-corrected chi connectivity index (χ0v) is 13.7. The second-order valence-corrected chi connectivity index (χ2v) is 5.90. The Kier molecular flexibility index (Phi) is 5.27. The molecule has 1 amide bonds. The molecule has 2 rings (SSSR count). The van der Waals surface area contributed by atoms with E-state index in [1.54, 1.807) is 32.9 Å². The maximum Gasteiger partial charge on any atom is 0.289 e. The van der Waals surface area contributed by atoms with Gasteiger partial charge in [-0.1, -0.05) is 17.9 Å². The first kappa shape index (κ1) is 17.6. The molecule has 0 aliphatic carbocycles. The van der Waals surface area contributed by atoms with E-state index in [2.05, 4.69) is 27.1 Å². The van der Waals surface area contributed by atoms with Gasteiger partial charge in [0.05, 0.1) is 17.2 Å². The highest BCUT2D eigenvalue weighted by atomic mass is 19.1. The Bertz CT molecular complexity index is 786. The molecule has 0 fully saturated rings. The van der Waals surface area contributed by atoms with E-state index in [9.17, 15) is 14.3 Å². The normalized spacial score (nSPS) is 12.0. The second-order valence-electron chi connectivity index (χ2n) is 5.90. The quantitative estimate of drug-likeness (QED) is 0.845. The van der Waals surface area contributed by atoms with Gasteiger partial charge in [0.25, 0.3) is 5.91 Å². The van der Waals surface area contributed by atoms with Gasteiger partial charge in [-0.3, -0.25) is 4.79 Å². The van der Waals surface area contributed by atoms with Gasteiger partial charge in [0.1, 0.15) is 5.82 Å². The number of carbonyl (C=O) groups is 1. The van der Waals surface area contributed by atoms with Crippen LogP contribution in [0.4, 0.5) is 4.39 Å². The van der Waals surface area contributed by atoms with Gasteiger partial charge < -0.3 is 10.4 Å². The van der Waals surface area contributed by atoms with Crippen LogP contribution in [0.1, 0.15) is 42.5 Å². The number of nitrogens with zero attached hydrogens (tertiary/aromatic N) is 2. The smallest absolute Gasteiger partial charge is 0.289 e. The highest BCUT2D eigenvalue weighted by Gasteiger charge is 2.24. The van der Waals surface area contributed by atoms with Crippen LogP contribution >= 0.6 is 0 Å². The first-order chi connectivity index (χ1) is 11.3. The van der Waals surface area contributed by atoms with Gasteiger partial charge in [0.2, 0.25) is 5.82 Å². The van der Waals surface area contributed by atoms with Crippen molar-refractivity contribution in [2.24, 2.45) is 0 Å². The van der Waals surface area contributed by atoms with Crippen LogP contribution in [0.15, 0.2) is 36.7 Å². The van der Waals surface area contributed by atoms with Gasteiger partial charge >= 0.3 is 0 Å². The number of aliphatic hydroxyl groups is 1. The third-order valence-corrected chi connectivity index (χ3v) is 3.44. The summed E-state index contributed by atoms with van der Waals surface area (Å²) in [5.74, 6) is 4.76. The summed E-state index contributed by atoms with van der Waals surface area (Å²) >= 11 is 0. The molecule has 0 saturated carbocycles. The summed E-state index contributed by atoms with van der Waals surface area (Å²) in [5, 5.41) is 12.5. The Hall–Kier alpha value is -2.78. The Balaban J connectivity index is 2.07. The summed E-state index contributed by atoms with van der Waals surface area (Å²) in [6, 6.07) is 5.48. The van der Waals surface area contributed by atoms with Crippen molar-refractivity contribution in [3.63, 3.8) is 0 Å². The van der Waals surface area contributed by atoms with Crippen LogP contribution in [0.5, 0.6) is 0 Å². The lowest BCUT2D eigenvalue weighted by molar-refractivity contribution is 0.0406. The molecule has 0 bridgehead atoms. The molecule has 1 aromatic carbocycles. The molecule has 6 heteroatoms. The maximum atomic E-state index is 13.1. The standard InChI is InChI=1S/C18H18FN3O2/c1-12(18(2,3)24)22-17(23)16-20-10-14(11-21-16)8-7-13-5-4-6-15(19)9-13/h4-6,9-12,24H,1-3H3,(H,22,23)/t12-/m1/s1. The van der Waals surface area contributed by atoms with Crippen LogP contribution in [0.25, 0.3) is 0 Å². The molecule has 1 atom stereocenters. The summed E-state index contributed by atoms with van der Waals surface area (Å²) in [6.07, 6.45) is 2.84. The van der Waals surface area contributed by atoms with Crippen LogP contribution in [0.3, 0.4) is 0 Å². The van der Waals surface area contributed by atoms with Crippen molar-refractivity contribution < 1.29 is 14.3 Å². The number of nitrogens with one attached hydrogen (secondary N) is 1. The van der Waals surface area contributed by atoms with E-state index in [0.717, 1.165) is 0 Å². The number of aromatic nitrogens is 2. The molecule has 0 aliphatic heterocycles. The van der Waals surface area contributed by atoms with E-state index < -0.39 is 17.6 Å².